The number of nitrogens with zero attached hydrogens (tertiary/aromatic N) is 1. The van der Waals surface area contributed by atoms with Crippen molar-refractivity contribution in [3.8, 4) is 6.07 Å². The maximum Gasteiger partial charge on any atom is 0.0944 e. The minimum Gasteiger partial charge on any atom is -0.193 e. The van der Waals surface area contributed by atoms with Gasteiger partial charge in [0.15, 0.2) is 0 Å². The smallest absolute Gasteiger partial charge is 0.0944 e. The van der Waals surface area contributed by atoms with E-state index in [0.29, 0.717) is 0 Å². The van der Waals surface area contributed by atoms with Crippen molar-refractivity contribution < 1.29 is 0 Å². The van der Waals surface area contributed by atoms with Gasteiger partial charge in [-0.1, -0.05) is 31.2 Å². The average Bonchev–Trinajstić information content (AvgIpc) is 2.18. The van der Waals surface area contributed by atoms with E-state index in [9.17, 15) is 0 Å². The Hall–Kier alpha value is -1.55. The van der Waals surface area contributed by atoms with Crippen LogP contribution >= 0.6 is 0 Å². The van der Waals surface area contributed by atoms with Crippen LogP contribution in [-0.4, -0.2) is 0 Å². The van der Waals surface area contributed by atoms with Gasteiger partial charge in [-0.25, -0.2) is 0 Å². The van der Waals surface area contributed by atoms with Crippen molar-refractivity contribution in [3.05, 3.63) is 41.0 Å². The first kappa shape index (κ1) is 9.54. The lowest BCUT2D eigenvalue weighted by atomic mass is 10.1. The summed E-state index contributed by atoms with van der Waals surface area (Å²) in [4.78, 5) is 0. The van der Waals surface area contributed by atoms with E-state index in [0.717, 1.165) is 17.6 Å². The zero-order valence-corrected chi connectivity index (χ0v) is 8.04. The van der Waals surface area contributed by atoms with Crippen LogP contribution in [0.1, 0.15) is 25.0 Å². The Labute approximate surface area is 79.3 Å². The van der Waals surface area contributed by atoms with Gasteiger partial charge in [0.25, 0.3) is 0 Å². The fraction of sp³-hybridized carbons (Fsp3) is 0.250. The Kier molecular flexibility index (Phi) is 3.28. The summed E-state index contributed by atoms with van der Waals surface area (Å²) in [5.74, 6) is 0. The highest BCUT2D eigenvalue weighted by Crippen LogP contribution is 2.09. The maximum atomic E-state index is 8.60. The monoisotopic (exact) mass is 171 g/mol. The number of rotatable bonds is 2. The van der Waals surface area contributed by atoms with E-state index in [-0.39, 0.29) is 0 Å². The van der Waals surface area contributed by atoms with E-state index >= 15 is 0 Å². The predicted molar refractivity (Wildman–Crippen MR) is 55.1 cm³/mol. The average molecular weight is 171 g/mol. The van der Waals surface area contributed by atoms with E-state index in [1.165, 1.54) is 5.56 Å². The molecule has 0 saturated carbocycles. The zero-order valence-electron chi connectivity index (χ0n) is 8.04. The molecule has 0 N–H and O–H groups in total. The highest BCUT2D eigenvalue weighted by molar-refractivity contribution is 5.56. The summed E-state index contributed by atoms with van der Waals surface area (Å²) in [5, 5.41) is 8.60. The van der Waals surface area contributed by atoms with Gasteiger partial charge >= 0.3 is 0 Å². The molecule has 0 atom stereocenters. The molecule has 1 aromatic rings. The molecule has 0 saturated heterocycles. The molecule has 66 valence electrons. The van der Waals surface area contributed by atoms with Crippen LogP contribution in [0.5, 0.6) is 0 Å². The quantitative estimate of drug-likeness (QED) is 0.627. The van der Waals surface area contributed by atoms with E-state index < -0.39 is 0 Å². The summed E-state index contributed by atoms with van der Waals surface area (Å²) in [7, 11) is 0. The molecule has 0 unspecified atom stereocenters. The van der Waals surface area contributed by atoms with Crippen molar-refractivity contribution >= 4 is 6.08 Å². The van der Waals surface area contributed by atoms with E-state index in [1.807, 2.05) is 25.1 Å². The third-order valence-electron chi connectivity index (χ3n) is 1.92. The fourth-order valence-corrected chi connectivity index (χ4v) is 1.19. The standard InChI is InChI=1S/C12H13N/c1-3-11-5-4-6-12(8-11)7-10(2)9-13/h4-8H,3H2,1-2H3. The lowest BCUT2D eigenvalue weighted by Crippen LogP contribution is -1.81. The van der Waals surface area contributed by atoms with Crippen molar-refractivity contribution in [2.45, 2.75) is 20.3 Å². The first-order valence-corrected chi connectivity index (χ1v) is 4.43. The number of allylic oxidation sites excluding steroid dienone is 1. The second-order valence-electron chi connectivity index (χ2n) is 3.04. The first-order chi connectivity index (χ1) is 6.26. The summed E-state index contributed by atoms with van der Waals surface area (Å²) < 4.78 is 0. The second kappa shape index (κ2) is 4.47. The molecule has 0 bridgehead atoms. The molecule has 1 rings (SSSR count). The molecule has 0 heterocycles. The molecule has 1 nitrogen and oxygen atoms in total. The number of hydrogen-bond donors (Lipinski definition) is 0. The van der Waals surface area contributed by atoms with Crippen LogP contribution < -0.4 is 0 Å². The Morgan fingerprint density at radius 1 is 1.54 bits per heavy atom. The van der Waals surface area contributed by atoms with Gasteiger partial charge in [-0.2, -0.15) is 5.26 Å². The second-order valence-corrected chi connectivity index (χ2v) is 3.04. The molecule has 0 spiro atoms. The van der Waals surface area contributed by atoms with Crippen molar-refractivity contribution in [3.63, 3.8) is 0 Å². The molecule has 0 fully saturated rings. The Balaban J connectivity index is 2.97. The number of nitriles is 1. The normalized spacial score (nSPS) is 11.0. The minimum atomic E-state index is 0.744. The van der Waals surface area contributed by atoms with Crippen LogP contribution in [0, 0.1) is 11.3 Å². The van der Waals surface area contributed by atoms with Crippen LogP contribution in [0.15, 0.2) is 29.8 Å². The summed E-state index contributed by atoms with van der Waals surface area (Å²) >= 11 is 0. The van der Waals surface area contributed by atoms with Crippen LogP contribution in [0.2, 0.25) is 0 Å². The number of aryl methyl sites for hydroxylation is 1. The predicted octanol–water partition coefficient (Wildman–Crippen LogP) is 3.18. The van der Waals surface area contributed by atoms with Crippen LogP contribution in [-0.2, 0) is 6.42 Å². The number of hydrogen-bond acceptors (Lipinski definition) is 1. The lowest BCUT2D eigenvalue weighted by molar-refractivity contribution is 1.14. The summed E-state index contributed by atoms with van der Waals surface area (Å²) in [5.41, 5.74) is 3.16. The maximum absolute atomic E-state index is 8.60. The zero-order chi connectivity index (χ0) is 9.68. The fourth-order valence-electron chi connectivity index (χ4n) is 1.19. The van der Waals surface area contributed by atoms with Gasteiger partial charge in [-0.15, -0.1) is 0 Å². The van der Waals surface area contributed by atoms with Crippen molar-refractivity contribution in [1.29, 1.82) is 5.26 Å². The van der Waals surface area contributed by atoms with Gasteiger partial charge in [-0.05, 0) is 30.5 Å². The van der Waals surface area contributed by atoms with E-state index in [4.69, 9.17) is 5.26 Å². The molecule has 0 aliphatic rings. The minimum absolute atomic E-state index is 0.744. The molecule has 0 aliphatic heterocycles. The lowest BCUT2D eigenvalue weighted by Gasteiger charge is -1.98. The summed E-state index contributed by atoms with van der Waals surface area (Å²) in [6.07, 6.45) is 2.94. The van der Waals surface area contributed by atoms with Crippen LogP contribution in [0.3, 0.4) is 0 Å². The molecule has 1 heteroatoms. The Morgan fingerprint density at radius 2 is 2.31 bits per heavy atom. The molecule has 0 aromatic heterocycles. The third-order valence-corrected chi connectivity index (χ3v) is 1.92. The molecular formula is C12H13N. The first-order valence-electron chi connectivity index (χ1n) is 4.43. The molecule has 0 amide bonds. The van der Waals surface area contributed by atoms with Crippen molar-refractivity contribution in [2.24, 2.45) is 0 Å². The van der Waals surface area contributed by atoms with Crippen molar-refractivity contribution in [2.75, 3.05) is 0 Å². The van der Waals surface area contributed by atoms with Crippen LogP contribution in [0.25, 0.3) is 6.08 Å². The highest BCUT2D eigenvalue weighted by Gasteiger charge is 1.91. The van der Waals surface area contributed by atoms with Gasteiger partial charge in [0.1, 0.15) is 0 Å². The largest absolute Gasteiger partial charge is 0.193 e. The molecule has 0 aliphatic carbocycles. The molecule has 1 aromatic carbocycles. The van der Waals surface area contributed by atoms with E-state index in [2.05, 4.69) is 25.1 Å². The van der Waals surface area contributed by atoms with Gasteiger partial charge in [0, 0.05) is 5.57 Å². The van der Waals surface area contributed by atoms with Gasteiger partial charge in [-0.3, -0.25) is 0 Å². The third kappa shape index (κ3) is 2.76. The summed E-state index contributed by atoms with van der Waals surface area (Å²) in [6.45, 7) is 3.94. The van der Waals surface area contributed by atoms with Crippen LogP contribution in [0.4, 0.5) is 0 Å². The van der Waals surface area contributed by atoms with Gasteiger partial charge < -0.3 is 0 Å². The Bertz CT molecular complexity index is 356. The summed E-state index contributed by atoms with van der Waals surface area (Å²) in [6, 6.07) is 10.4. The van der Waals surface area contributed by atoms with Gasteiger partial charge in [0.05, 0.1) is 6.07 Å². The number of benzene rings is 1. The topological polar surface area (TPSA) is 23.8 Å². The van der Waals surface area contributed by atoms with Gasteiger partial charge in [0.2, 0.25) is 0 Å². The SMILES string of the molecule is CCc1cccc(C=C(C)C#N)c1. The van der Waals surface area contributed by atoms with E-state index in [1.54, 1.807) is 0 Å². The molecule has 13 heavy (non-hydrogen) atoms. The molecular weight excluding hydrogens is 158 g/mol. The highest BCUT2D eigenvalue weighted by atomic mass is 14.2. The molecule has 0 radical (unpaired) electrons. The van der Waals surface area contributed by atoms with Crippen molar-refractivity contribution in [1.82, 2.24) is 0 Å². The Morgan fingerprint density at radius 3 is 2.92 bits per heavy atom.